The molecule has 0 fully saturated rings. The van der Waals surface area contributed by atoms with E-state index < -0.39 is 0 Å². The highest BCUT2D eigenvalue weighted by Crippen LogP contribution is 2.44. The third-order valence-corrected chi connectivity index (χ3v) is 6.75. The van der Waals surface area contributed by atoms with Gasteiger partial charge in [-0.05, 0) is 30.7 Å². The summed E-state index contributed by atoms with van der Waals surface area (Å²) in [4.78, 5) is 0. The molecule has 0 aromatic heterocycles. The maximum Gasteiger partial charge on any atom is 0.119 e. The molecule has 0 aliphatic heterocycles. The van der Waals surface area contributed by atoms with Gasteiger partial charge in [-0.1, -0.05) is 135 Å². The highest BCUT2D eigenvalue weighted by molar-refractivity contribution is 5.38. The van der Waals surface area contributed by atoms with Crippen molar-refractivity contribution in [1.82, 2.24) is 0 Å². The first-order valence-electron chi connectivity index (χ1n) is 13.0. The number of phenols is 1. The van der Waals surface area contributed by atoms with E-state index in [1.165, 1.54) is 121 Å². The first-order chi connectivity index (χ1) is 14.2. The van der Waals surface area contributed by atoms with Gasteiger partial charge in [-0.15, -0.1) is 0 Å². The van der Waals surface area contributed by atoms with Crippen LogP contribution < -0.4 is 0 Å². The van der Waals surface area contributed by atoms with E-state index in [-0.39, 0.29) is 5.41 Å². The summed E-state index contributed by atoms with van der Waals surface area (Å²) in [5, 5.41) is 10.7. The van der Waals surface area contributed by atoms with Crippen molar-refractivity contribution >= 4 is 0 Å². The van der Waals surface area contributed by atoms with Crippen LogP contribution in [0.2, 0.25) is 0 Å². The average Bonchev–Trinajstić information content (AvgIpc) is 2.73. The number of hydrogen-bond donors (Lipinski definition) is 1. The minimum atomic E-state index is 0.177. The van der Waals surface area contributed by atoms with Crippen LogP contribution in [0.1, 0.15) is 142 Å². The minimum absolute atomic E-state index is 0.177. The summed E-state index contributed by atoms with van der Waals surface area (Å²) in [6, 6.07) is 8.21. The monoisotopic (exact) mass is 402 g/mol. The van der Waals surface area contributed by atoms with Crippen LogP contribution in [0.25, 0.3) is 0 Å². The quantitative estimate of drug-likeness (QED) is 0.228. The molecule has 1 heteroatoms. The third kappa shape index (κ3) is 10.6. The van der Waals surface area contributed by atoms with E-state index in [0.717, 1.165) is 0 Å². The summed E-state index contributed by atoms with van der Waals surface area (Å²) >= 11 is 0. The zero-order valence-electron chi connectivity index (χ0n) is 20.0. The Balaban J connectivity index is 2.68. The van der Waals surface area contributed by atoms with Gasteiger partial charge >= 0.3 is 0 Å². The molecule has 1 aromatic rings. The van der Waals surface area contributed by atoms with Gasteiger partial charge in [-0.2, -0.15) is 0 Å². The SMILES string of the molecule is CCCCCCCCCCCC(CCCCC)(CCCCC)c1ccccc1O. The van der Waals surface area contributed by atoms with Gasteiger partial charge in [0.25, 0.3) is 0 Å². The van der Waals surface area contributed by atoms with Gasteiger partial charge in [0.05, 0.1) is 0 Å². The molecule has 0 spiro atoms. The van der Waals surface area contributed by atoms with Gasteiger partial charge in [0.1, 0.15) is 5.75 Å². The predicted molar refractivity (Wildman–Crippen MR) is 130 cm³/mol. The van der Waals surface area contributed by atoms with Gasteiger partial charge in [-0.3, -0.25) is 0 Å². The number of benzene rings is 1. The molecule has 0 saturated carbocycles. The Kier molecular flexibility index (Phi) is 15.1. The highest BCUT2D eigenvalue weighted by Gasteiger charge is 2.32. The van der Waals surface area contributed by atoms with Crippen molar-refractivity contribution in [2.75, 3.05) is 0 Å². The third-order valence-electron chi connectivity index (χ3n) is 6.75. The molecule has 0 radical (unpaired) electrons. The Labute approximate surface area is 182 Å². The van der Waals surface area contributed by atoms with Crippen LogP contribution in [0.15, 0.2) is 24.3 Å². The minimum Gasteiger partial charge on any atom is -0.508 e. The molecule has 0 unspecified atom stereocenters. The maximum absolute atomic E-state index is 10.7. The molecule has 1 rings (SSSR count). The molecular weight excluding hydrogens is 352 g/mol. The Morgan fingerprint density at radius 3 is 1.41 bits per heavy atom. The lowest BCUT2D eigenvalue weighted by molar-refractivity contribution is 0.291. The smallest absolute Gasteiger partial charge is 0.119 e. The fourth-order valence-electron chi connectivity index (χ4n) is 4.90. The first-order valence-corrected chi connectivity index (χ1v) is 13.0. The Hall–Kier alpha value is -0.980. The summed E-state index contributed by atoms with van der Waals surface area (Å²) < 4.78 is 0. The summed E-state index contributed by atoms with van der Waals surface area (Å²) in [5.74, 6) is 0.524. The molecule has 1 nitrogen and oxygen atoms in total. The lowest BCUT2D eigenvalue weighted by Gasteiger charge is -2.36. The van der Waals surface area contributed by atoms with Gasteiger partial charge in [0.15, 0.2) is 0 Å². The second-order valence-corrected chi connectivity index (χ2v) is 9.29. The molecular formula is C28H50O. The van der Waals surface area contributed by atoms with Gasteiger partial charge < -0.3 is 5.11 Å². The Bertz CT molecular complexity index is 483. The van der Waals surface area contributed by atoms with Crippen molar-refractivity contribution in [1.29, 1.82) is 0 Å². The molecule has 0 atom stereocenters. The van der Waals surface area contributed by atoms with Gasteiger partial charge in [0, 0.05) is 5.56 Å². The summed E-state index contributed by atoms with van der Waals surface area (Å²) in [7, 11) is 0. The van der Waals surface area contributed by atoms with E-state index in [1.54, 1.807) is 0 Å². The van der Waals surface area contributed by atoms with Gasteiger partial charge in [0.2, 0.25) is 0 Å². The average molecular weight is 403 g/mol. The standard InChI is InChI=1S/C28H50O/c1-4-7-10-11-12-13-14-15-20-25-28(23-18-8-5-2,24-19-9-6-3)26-21-16-17-22-27(26)29/h16-17,21-22,29H,4-15,18-20,23-25H2,1-3H3. The molecule has 0 heterocycles. The molecule has 1 aromatic carbocycles. The Morgan fingerprint density at radius 1 is 0.552 bits per heavy atom. The first kappa shape index (κ1) is 26.1. The molecule has 0 amide bonds. The summed E-state index contributed by atoms with van der Waals surface area (Å²) in [6.07, 6.45) is 23.9. The van der Waals surface area contributed by atoms with E-state index in [2.05, 4.69) is 32.9 Å². The van der Waals surface area contributed by atoms with Crippen molar-refractivity contribution in [3.05, 3.63) is 29.8 Å². The van der Waals surface area contributed by atoms with Crippen LogP contribution in [0.4, 0.5) is 0 Å². The van der Waals surface area contributed by atoms with Crippen LogP contribution >= 0.6 is 0 Å². The van der Waals surface area contributed by atoms with Crippen LogP contribution in [0.3, 0.4) is 0 Å². The number of hydrogen-bond acceptors (Lipinski definition) is 1. The summed E-state index contributed by atoms with van der Waals surface area (Å²) in [5.41, 5.74) is 1.41. The van der Waals surface area contributed by atoms with Crippen LogP contribution in [0.5, 0.6) is 5.75 Å². The second-order valence-electron chi connectivity index (χ2n) is 9.29. The van der Waals surface area contributed by atoms with E-state index in [0.29, 0.717) is 5.75 Å². The topological polar surface area (TPSA) is 20.2 Å². The van der Waals surface area contributed by atoms with Crippen LogP contribution in [-0.2, 0) is 5.41 Å². The molecule has 0 saturated heterocycles. The van der Waals surface area contributed by atoms with Crippen molar-refractivity contribution in [2.45, 2.75) is 142 Å². The van der Waals surface area contributed by atoms with Crippen molar-refractivity contribution in [2.24, 2.45) is 0 Å². The van der Waals surface area contributed by atoms with Crippen molar-refractivity contribution in [3.63, 3.8) is 0 Å². The van der Waals surface area contributed by atoms with Crippen LogP contribution in [-0.4, -0.2) is 5.11 Å². The lowest BCUT2D eigenvalue weighted by Crippen LogP contribution is -2.27. The van der Waals surface area contributed by atoms with Crippen LogP contribution in [0, 0.1) is 0 Å². The number of phenolic OH excluding ortho intramolecular Hbond substituents is 1. The zero-order chi connectivity index (χ0) is 21.2. The van der Waals surface area contributed by atoms with E-state index in [1.807, 2.05) is 12.1 Å². The maximum atomic E-state index is 10.7. The molecule has 0 bridgehead atoms. The van der Waals surface area contributed by atoms with E-state index in [9.17, 15) is 5.11 Å². The molecule has 29 heavy (non-hydrogen) atoms. The molecule has 1 N–H and O–H groups in total. The lowest BCUT2D eigenvalue weighted by atomic mass is 9.69. The normalized spacial score (nSPS) is 11.8. The fourth-order valence-corrected chi connectivity index (χ4v) is 4.90. The predicted octanol–water partition coefficient (Wildman–Crippen LogP) is 9.71. The van der Waals surface area contributed by atoms with Crippen molar-refractivity contribution in [3.8, 4) is 5.75 Å². The van der Waals surface area contributed by atoms with Gasteiger partial charge in [-0.25, -0.2) is 0 Å². The number of aromatic hydroxyl groups is 1. The van der Waals surface area contributed by atoms with E-state index in [4.69, 9.17) is 0 Å². The zero-order valence-corrected chi connectivity index (χ0v) is 20.0. The number of para-hydroxylation sites is 1. The largest absolute Gasteiger partial charge is 0.508 e. The van der Waals surface area contributed by atoms with E-state index >= 15 is 0 Å². The van der Waals surface area contributed by atoms with Crippen molar-refractivity contribution < 1.29 is 5.11 Å². The molecule has 168 valence electrons. The number of rotatable bonds is 19. The number of unbranched alkanes of at least 4 members (excludes halogenated alkanes) is 12. The summed E-state index contributed by atoms with van der Waals surface area (Å²) in [6.45, 7) is 6.87. The molecule has 0 aliphatic rings. The highest BCUT2D eigenvalue weighted by atomic mass is 16.3. The Morgan fingerprint density at radius 2 is 0.931 bits per heavy atom. The molecule has 0 aliphatic carbocycles. The fraction of sp³-hybridized carbons (Fsp3) is 0.786. The second kappa shape index (κ2) is 16.8.